The maximum absolute atomic E-state index is 12.7. The van der Waals surface area contributed by atoms with E-state index in [1.807, 2.05) is 0 Å². The molecule has 0 saturated carbocycles. The fourth-order valence-electron chi connectivity index (χ4n) is 2.39. The number of nitrogens with zero attached hydrogens (tertiary/aromatic N) is 1. The summed E-state index contributed by atoms with van der Waals surface area (Å²) >= 11 is 0. The molecule has 7 heteroatoms. The monoisotopic (exact) mass is 400 g/mol. The van der Waals surface area contributed by atoms with E-state index >= 15 is 0 Å². The van der Waals surface area contributed by atoms with Crippen LogP contribution in [0.2, 0.25) is 0 Å². The standard InChI is InChI=1S/C20H18NO4S2/c1-5-15-9-11-19(17(7-3)13-15)26(22,23)21-27(24,25)20-12-10-16(6-2)14-18(20)8-4/h5-14H,1-4H2/q-1. The summed E-state index contributed by atoms with van der Waals surface area (Å²) in [6, 6.07) is 8.62. The number of benzene rings is 2. The molecule has 0 bridgehead atoms. The minimum Gasteiger partial charge on any atom is -0.428 e. The average Bonchev–Trinajstić information content (AvgIpc) is 2.65. The molecule has 0 spiro atoms. The Labute approximate surface area is 160 Å². The van der Waals surface area contributed by atoms with Gasteiger partial charge < -0.3 is 4.13 Å². The van der Waals surface area contributed by atoms with Crippen LogP contribution in [0, 0.1) is 0 Å². The van der Waals surface area contributed by atoms with Crippen LogP contribution in [-0.2, 0) is 20.0 Å². The maximum Gasteiger partial charge on any atom is 0.113 e. The van der Waals surface area contributed by atoms with Crippen LogP contribution in [0.25, 0.3) is 28.4 Å². The van der Waals surface area contributed by atoms with Crippen LogP contribution >= 0.6 is 0 Å². The van der Waals surface area contributed by atoms with Crippen molar-refractivity contribution >= 4 is 44.4 Å². The molecule has 0 heterocycles. The van der Waals surface area contributed by atoms with Crippen molar-refractivity contribution in [2.75, 3.05) is 0 Å². The normalized spacial score (nSPS) is 11.6. The van der Waals surface area contributed by atoms with Crippen LogP contribution in [0.5, 0.6) is 0 Å². The van der Waals surface area contributed by atoms with Gasteiger partial charge in [0.1, 0.15) is 20.0 Å². The van der Waals surface area contributed by atoms with Gasteiger partial charge in [-0.15, -0.1) is 0 Å². The molecule has 0 amide bonds. The molecule has 140 valence electrons. The van der Waals surface area contributed by atoms with Gasteiger partial charge in [0.05, 0.1) is 9.79 Å². The van der Waals surface area contributed by atoms with Gasteiger partial charge in [0.25, 0.3) is 0 Å². The number of sulfonamides is 2. The predicted molar refractivity (Wildman–Crippen MR) is 111 cm³/mol. The first-order valence-corrected chi connectivity index (χ1v) is 10.6. The van der Waals surface area contributed by atoms with Crippen LogP contribution < -0.4 is 0 Å². The lowest BCUT2D eigenvalue weighted by Crippen LogP contribution is -2.10. The summed E-state index contributed by atoms with van der Waals surface area (Å²) in [5.41, 5.74) is 1.80. The second kappa shape index (κ2) is 7.87. The molecule has 0 aromatic heterocycles. The van der Waals surface area contributed by atoms with E-state index < -0.39 is 20.0 Å². The highest BCUT2D eigenvalue weighted by Crippen LogP contribution is 2.31. The van der Waals surface area contributed by atoms with Gasteiger partial charge in [-0.2, -0.15) is 0 Å². The van der Waals surface area contributed by atoms with Crippen molar-refractivity contribution in [3.05, 3.63) is 89.1 Å². The summed E-state index contributed by atoms with van der Waals surface area (Å²) < 4.78 is 53.9. The van der Waals surface area contributed by atoms with Gasteiger partial charge in [-0.1, -0.05) is 62.8 Å². The highest BCUT2D eigenvalue weighted by atomic mass is 32.3. The third-order valence-corrected chi connectivity index (χ3v) is 7.16. The Morgan fingerprint density at radius 1 is 0.630 bits per heavy atom. The molecule has 0 unspecified atom stereocenters. The SMILES string of the molecule is C=Cc1ccc(S(=O)(=O)[N-]S(=O)(=O)c2ccc(C=C)cc2C=C)c(C=C)c1. The molecular formula is C20H18NO4S2-. The van der Waals surface area contributed by atoms with Crippen LogP contribution in [0.4, 0.5) is 0 Å². The van der Waals surface area contributed by atoms with E-state index in [0.29, 0.717) is 11.1 Å². The van der Waals surface area contributed by atoms with E-state index in [1.54, 1.807) is 0 Å². The van der Waals surface area contributed by atoms with Gasteiger partial charge in [0, 0.05) is 0 Å². The van der Waals surface area contributed by atoms with Gasteiger partial charge in [-0.3, -0.25) is 0 Å². The maximum atomic E-state index is 12.7. The summed E-state index contributed by atoms with van der Waals surface area (Å²) in [7, 11) is -8.99. The van der Waals surface area contributed by atoms with Crippen LogP contribution in [0.3, 0.4) is 0 Å². The summed E-state index contributed by atoms with van der Waals surface area (Å²) in [6.07, 6.45) is 5.70. The third-order valence-electron chi connectivity index (χ3n) is 3.73. The summed E-state index contributed by atoms with van der Waals surface area (Å²) in [4.78, 5) is -0.510. The number of hydrogen-bond acceptors (Lipinski definition) is 4. The van der Waals surface area contributed by atoms with E-state index in [9.17, 15) is 16.8 Å². The van der Waals surface area contributed by atoms with Crippen molar-refractivity contribution in [1.29, 1.82) is 0 Å². The quantitative estimate of drug-likeness (QED) is 0.642. The number of hydrogen-bond donors (Lipinski definition) is 0. The van der Waals surface area contributed by atoms with Gasteiger partial charge in [-0.05, 0) is 46.5 Å². The molecule has 5 nitrogen and oxygen atoms in total. The van der Waals surface area contributed by atoms with Crippen molar-refractivity contribution < 1.29 is 16.8 Å². The second-order valence-electron chi connectivity index (χ2n) is 5.44. The van der Waals surface area contributed by atoms with E-state index in [-0.39, 0.29) is 20.9 Å². The molecular weight excluding hydrogens is 382 g/mol. The second-order valence-corrected chi connectivity index (χ2v) is 8.81. The zero-order valence-electron chi connectivity index (χ0n) is 14.5. The first-order valence-electron chi connectivity index (χ1n) is 7.70. The molecule has 2 aromatic carbocycles. The molecule has 0 aliphatic rings. The van der Waals surface area contributed by atoms with Crippen LogP contribution in [0.1, 0.15) is 22.3 Å². The van der Waals surface area contributed by atoms with Gasteiger partial charge >= 0.3 is 0 Å². The smallest absolute Gasteiger partial charge is 0.113 e. The lowest BCUT2D eigenvalue weighted by atomic mass is 10.1. The number of rotatable bonds is 8. The topological polar surface area (TPSA) is 82.4 Å². The van der Waals surface area contributed by atoms with Gasteiger partial charge in [-0.25, -0.2) is 16.8 Å². The van der Waals surface area contributed by atoms with E-state index in [0.717, 1.165) is 0 Å². The third kappa shape index (κ3) is 4.33. The Morgan fingerprint density at radius 2 is 1.00 bits per heavy atom. The van der Waals surface area contributed by atoms with Crippen molar-refractivity contribution in [2.24, 2.45) is 0 Å². The molecule has 2 aromatic rings. The summed E-state index contributed by atoms with van der Waals surface area (Å²) in [5.74, 6) is 0. The van der Waals surface area contributed by atoms with Crippen LogP contribution in [-0.4, -0.2) is 16.8 Å². The lowest BCUT2D eigenvalue weighted by molar-refractivity contribution is 0.595. The Balaban J connectivity index is 2.55. The molecule has 0 aliphatic heterocycles. The van der Waals surface area contributed by atoms with Gasteiger partial charge in [0.2, 0.25) is 0 Å². The molecule has 0 N–H and O–H groups in total. The van der Waals surface area contributed by atoms with E-state index in [2.05, 4.69) is 30.4 Å². The minimum absolute atomic E-state index is 0.234. The zero-order valence-corrected chi connectivity index (χ0v) is 16.1. The largest absolute Gasteiger partial charge is 0.428 e. The lowest BCUT2D eigenvalue weighted by Gasteiger charge is -2.23. The molecule has 2 rings (SSSR count). The fourth-order valence-corrected chi connectivity index (χ4v) is 5.42. The first-order chi connectivity index (χ1) is 12.7. The van der Waals surface area contributed by atoms with Crippen molar-refractivity contribution in [3.8, 4) is 0 Å². The minimum atomic E-state index is -4.50. The molecule has 0 atom stereocenters. The Hall–Kier alpha value is -2.74. The average molecular weight is 401 g/mol. The predicted octanol–water partition coefficient (Wildman–Crippen LogP) is 4.71. The van der Waals surface area contributed by atoms with Crippen molar-refractivity contribution in [3.63, 3.8) is 0 Å². The summed E-state index contributed by atoms with van der Waals surface area (Å²) in [6.45, 7) is 14.4. The fraction of sp³-hybridized carbons (Fsp3) is 0. The Morgan fingerprint density at radius 3 is 1.30 bits per heavy atom. The van der Waals surface area contributed by atoms with E-state index in [1.165, 1.54) is 60.7 Å². The molecule has 0 saturated heterocycles. The Bertz CT molecular complexity index is 1050. The molecule has 0 aliphatic carbocycles. The first kappa shape index (κ1) is 20.6. The summed E-state index contributed by atoms with van der Waals surface area (Å²) in [5, 5.41) is 0. The van der Waals surface area contributed by atoms with Crippen molar-refractivity contribution in [2.45, 2.75) is 9.79 Å². The Kier molecular flexibility index (Phi) is 6.00. The van der Waals surface area contributed by atoms with Crippen molar-refractivity contribution in [1.82, 2.24) is 0 Å². The highest BCUT2D eigenvalue weighted by Gasteiger charge is 2.17. The van der Waals surface area contributed by atoms with E-state index in [4.69, 9.17) is 0 Å². The highest BCUT2D eigenvalue weighted by molar-refractivity contribution is 8.12. The molecule has 27 heavy (non-hydrogen) atoms. The zero-order chi connectivity index (χ0) is 20.2. The van der Waals surface area contributed by atoms with Crippen LogP contribution in [0.15, 0.2) is 72.5 Å². The van der Waals surface area contributed by atoms with Gasteiger partial charge in [0.15, 0.2) is 0 Å². The molecule has 0 fully saturated rings. The molecule has 0 radical (unpaired) electrons.